The van der Waals surface area contributed by atoms with Crippen LogP contribution in [0, 0.1) is 6.07 Å². The number of para-hydroxylation sites is 1. The van der Waals surface area contributed by atoms with E-state index in [9.17, 15) is 0 Å². The Balaban J connectivity index is 1.75. The van der Waals surface area contributed by atoms with Crippen LogP contribution in [0.2, 0.25) is 0 Å². The number of aryl methyl sites for hydroxylation is 2. The van der Waals surface area contributed by atoms with Crippen molar-refractivity contribution in [2.75, 3.05) is 21.3 Å². The maximum atomic E-state index is 5.53. The molecule has 0 fully saturated rings. The molecule has 0 saturated carbocycles. The minimum Gasteiger partial charge on any atom is -0.493 e. The number of hydrogen-bond acceptors (Lipinski definition) is 3. The van der Waals surface area contributed by atoms with Crippen LogP contribution in [0.25, 0.3) is 10.9 Å². The molecule has 1 heterocycles. The van der Waals surface area contributed by atoms with Crippen LogP contribution >= 0.6 is 0 Å². The molecule has 2 aromatic carbocycles. The number of nitrogens with one attached hydrogen (secondary N) is 1. The summed E-state index contributed by atoms with van der Waals surface area (Å²) in [5.41, 5.74) is 3.53. The molecule has 4 nitrogen and oxygen atoms in total. The highest BCUT2D eigenvalue weighted by Crippen LogP contribution is 2.40. The van der Waals surface area contributed by atoms with Crippen LogP contribution in [0.3, 0.4) is 0 Å². The molecule has 1 aromatic heterocycles. The molecule has 0 spiro atoms. The van der Waals surface area contributed by atoms with Crippen molar-refractivity contribution in [1.29, 1.82) is 0 Å². The average molecular weight is 324 g/mol. The number of hydrogen-bond donors (Lipinski definition) is 1. The van der Waals surface area contributed by atoms with Crippen LogP contribution < -0.4 is 14.2 Å². The van der Waals surface area contributed by atoms with E-state index >= 15 is 0 Å². The van der Waals surface area contributed by atoms with E-state index in [1.54, 1.807) is 21.3 Å². The van der Waals surface area contributed by atoms with Crippen LogP contribution in [0.15, 0.2) is 36.5 Å². The van der Waals surface area contributed by atoms with Crippen molar-refractivity contribution in [3.05, 3.63) is 53.7 Å². The van der Waals surface area contributed by atoms with E-state index in [0.29, 0.717) is 17.2 Å². The fourth-order valence-corrected chi connectivity index (χ4v) is 3.07. The Morgan fingerprint density at radius 2 is 1.75 bits per heavy atom. The highest BCUT2D eigenvalue weighted by Gasteiger charge is 2.16. The minimum atomic E-state index is 0.626. The van der Waals surface area contributed by atoms with Crippen molar-refractivity contribution in [3.63, 3.8) is 0 Å². The second-order valence-electron chi connectivity index (χ2n) is 5.62. The van der Waals surface area contributed by atoms with Gasteiger partial charge in [0.05, 0.1) is 21.3 Å². The Bertz CT molecular complexity index is 823. The summed E-state index contributed by atoms with van der Waals surface area (Å²) >= 11 is 0. The van der Waals surface area contributed by atoms with E-state index in [-0.39, 0.29) is 0 Å². The first-order valence-electron chi connectivity index (χ1n) is 8.03. The Hall–Kier alpha value is -2.62. The predicted octanol–water partition coefficient (Wildman–Crippen LogP) is 4.17. The number of ether oxygens (including phenoxy) is 3. The first-order chi connectivity index (χ1) is 11.8. The third-order valence-corrected chi connectivity index (χ3v) is 4.26. The summed E-state index contributed by atoms with van der Waals surface area (Å²) in [5.74, 6) is 1.96. The molecule has 1 radical (unpaired) electrons. The molecule has 4 heteroatoms. The number of methoxy groups -OCH3 is 3. The summed E-state index contributed by atoms with van der Waals surface area (Å²) in [6.07, 6.45) is 4.96. The zero-order chi connectivity index (χ0) is 16.9. The number of benzene rings is 2. The summed E-state index contributed by atoms with van der Waals surface area (Å²) in [7, 11) is 4.88. The highest BCUT2D eigenvalue weighted by molar-refractivity contribution is 5.83. The van der Waals surface area contributed by atoms with Gasteiger partial charge in [-0.25, -0.2) is 0 Å². The van der Waals surface area contributed by atoms with Crippen molar-refractivity contribution in [2.24, 2.45) is 0 Å². The van der Waals surface area contributed by atoms with E-state index in [2.05, 4.69) is 35.4 Å². The van der Waals surface area contributed by atoms with Crippen molar-refractivity contribution < 1.29 is 14.2 Å². The predicted molar refractivity (Wildman–Crippen MR) is 95.3 cm³/mol. The van der Waals surface area contributed by atoms with Gasteiger partial charge in [-0.1, -0.05) is 18.2 Å². The molecule has 3 aromatic rings. The molecule has 1 N–H and O–H groups in total. The third-order valence-electron chi connectivity index (χ3n) is 4.26. The number of H-pyrrole nitrogens is 1. The van der Waals surface area contributed by atoms with Crippen LogP contribution in [0.4, 0.5) is 0 Å². The summed E-state index contributed by atoms with van der Waals surface area (Å²) in [6.45, 7) is 0. The third kappa shape index (κ3) is 3.04. The summed E-state index contributed by atoms with van der Waals surface area (Å²) in [5, 5.41) is 1.29. The van der Waals surface area contributed by atoms with E-state index in [4.69, 9.17) is 14.2 Å². The summed E-state index contributed by atoms with van der Waals surface area (Å²) in [4.78, 5) is 3.32. The molecule has 24 heavy (non-hydrogen) atoms. The van der Waals surface area contributed by atoms with Gasteiger partial charge in [-0.05, 0) is 43.0 Å². The highest BCUT2D eigenvalue weighted by atomic mass is 16.5. The number of fused-ring (bicyclic) bond motifs is 1. The largest absolute Gasteiger partial charge is 0.493 e. The summed E-state index contributed by atoms with van der Waals surface area (Å²) in [6, 6.07) is 13.4. The van der Waals surface area contributed by atoms with Crippen molar-refractivity contribution >= 4 is 10.9 Å². The van der Waals surface area contributed by atoms with E-state index in [1.165, 1.54) is 16.5 Å². The monoisotopic (exact) mass is 324 g/mol. The molecule has 0 atom stereocenters. The van der Waals surface area contributed by atoms with Gasteiger partial charge in [0.15, 0.2) is 11.5 Å². The van der Waals surface area contributed by atoms with Crippen LogP contribution in [0.1, 0.15) is 17.5 Å². The molecule has 0 saturated heterocycles. The molecule has 0 bridgehead atoms. The van der Waals surface area contributed by atoms with Gasteiger partial charge in [-0.15, -0.1) is 0 Å². The molecule has 0 aliphatic carbocycles. The van der Waals surface area contributed by atoms with Gasteiger partial charge in [0.2, 0.25) is 5.75 Å². The van der Waals surface area contributed by atoms with Crippen molar-refractivity contribution in [3.8, 4) is 17.2 Å². The number of aromatic amines is 1. The fraction of sp³-hybridized carbons (Fsp3) is 0.300. The van der Waals surface area contributed by atoms with E-state index in [1.807, 2.05) is 12.1 Å². The molecular formula is C20H22NO3. The maximum Gasteiger partial charge on any atom is 0.203 e. The average Bonchev–Trinajstić information content (AvgIpc) is 3.04. The van der Waals surface area contributed by atoms with Gasteiger partial charge in [-0.3, -0.25) is 0 Å². The van der Waals surface area contributed by atoms with Crippen LogP contribution in [-0.4, -0.2) is 26.3 Å². The Morgan fingerprint density at radius 3 is 2.50 bits per heavy atom. The second-order valence-corrected chi connectivity index (χ2v) is 5.62. The van der Waals surface area contributed by atoms with Gasteiger partial charge >= 0.3 is 0 Å². The van der Waals surface area contributed by atoms with Crippen LogP contribution in [-0.2, 0) is 12.8 Å². The standard InChI is InChI=1S/C20H22NO3/c1-22-18-12-11-14(19(23-2)20(18)24-3)7-6-8-15-13-21-17-10-5-4-9-16(15)17/h4-5,9-10,12-13,21H,6-8H2,1-3H3. The van der Waals surface area contributed by atoms with Gasteiger partial charge in [0, 0.05) is 22.7 Å². The smallest absolute Gasteiger partial charge is 0.203 e. The van der Waals surface area contributed by atoms with E-state index in [0.717, 1.165) is 24.8 Å². The zero-order valence-electron chi connectivity index (χ0n) is 14.3. The van der Waals surface area contributed by atoms with Gasteiger partial charge in [-0.2, -0.15) is 0 Å². The van der Waals surface area contributed by atoms with Gasteiger partial charge in [0.25, 0.3) is 0 Å². The first kappa shape index (κ1) is 16.2. The molecule has 0 aliphatic heterocycles. The normalized spacial score (nSPS) is 10.8. The lowest BCUT2D eigenvalue weighted by molar-refractivity contribution is 0.322. The maximum absolute atomic E-state index is 5.53. The zero-order valence-corrected chi connectivity index (χ0v) is 14.3. The Labute approximate surface area is 142 Å². The molecule has 0 unspecified atom stereocenters. The van der Waals surface area contributed by atoms with Crippen molar-refractivity contribution in [1.82, 2.24) is 4.98 Å². The Kier molecular flexibility index (Phi) is 4.94. The lowest BCUT2D eigenvalue weighted by Gasteiger charge is -2.15. The second kappa shape index (κ2) is 7.30. The number of rotatable bonds is 7. The first-order valence-corrected chi connectivity index (χ1v) is 8.03. The molecular weight excluding hydrogens is 302 g/mol. The molecule has 0 amide bonds. The Morgan fingerprint density at radius 1 is 0.958 bits per heavy atom. The van der Waals surface area contributed by atoms with Crippen LogP contribution in [0.5, 0.6) is 17.2 Å². The number of aromatic nitrogens is 1. The lowest BCUT2D eigenvalue weighted by Crippen LogP contribution is -2.00. The van der Waals surface area contributed by atoms with Crippen molar-refractivity contribution in [2.45, 2.75) is 19.3 Å². The molecule has 125 valence electrons. The molecule has 3 rings (SSSR count). The SMILES string of the molecule is COc1c[c]c(CCCc2c[nH]c3ccccc23)c(OC)c1OC. The molecule has 0 aliphatic rings. The van der Waals surface area contributed by atoms with Gasteiger partial charge < -0.3 is 19.2 Å². The summed E-state index contributed by atoms with van der Waals surface area (Å²) < 4.78 is 16.3. The van der Waals surface area contributed by atoms with E-state index < -0.39 is 0 Å². The van der Waals surface area contributed by atoms with Gasteiger partial charge in [0.1, 0.15) is 0 Å². The fourth-order valence-electron chi connectivity index (χ4n) is 3.07. The minimum absolute atomic E-state index is 0.626. The lowest BCUT2D eigenvalue weighted by atomic mass is 10.0. The topological polar surface area (TPSA) is 43.5 Å². The quantitative estimate of drug-likeness (QED) is 0.709.